The molecule has 1 amide bonds. The number of hydrogen-bond donors (Lipinski definition) is 1. The standard InChI is InChI=1S/C13H14F2N2O4/c14-10-6-12(17(19)20)11(15)5-9(10)13(18)16-7-8-1-3-21-4-2-8/h5-6,8H,1-4,7H2,(H,16,18). The predicted molar refractivity (Wildman–Crippen MR) is 68.9 cm³/mol. The maximum atomic E-state index is 13.7. The molecule has 1 N–H and O–H groups in total. The number of nitrogens with one attached hydrogen (secondary N) is 1. The van der Waals surface area contributed by atoms with Gasteiger partial charge in [0.2, 0.25) is 5.82 Å². The minimum Gasteiger partial charge on any atom is -0.381 e. The Balaban J connectivity index is 2.05. The highest BCUT2D eigenvalue weighted by Crippen LogP contribution is 2.21. The molecule has 0 bridgehead atoms. The maximum Gasteiger partial charge on any atom is 0.307 e. The van der Waals surface area contributed by atoms with Crippen molar-refractivity contribution in [3.8, 4) is 0 Å². The van der Waals surface area contributed by atoms with Crippen LogP contribution in [0.2, 0.25) is 0 Å². The molecule has 1 aromatic rings. The Labute approximate surface area is 119 Å². The Morgan fingerprint density at radius 2 is 2.00 bits per heavy atom. The van der Waals surface area contributed by atoms with Gasteiger partial charge in [-0.05, 0) is 24.8 Å². The smallest absolute Gasteiger partial charge is 0.307 e. The summed E-state index contributed by atoms with van der Waals surface area (Å²) in [7, 11) is 0. The topological polar surface area (TPSA) is 81.5 Å². The molecule has 1 heterocycles. The molecular formula is C13H14F2N2O4. The van der Waals surface area contributed by atoms with Crippen LogP contribution in [0.3, 0.4) is 0 Å². The van der Waals surface area contributed by atoms with E-state index in [2.05, 4.69) is 5.32 Å². The van der Waals surface area contributed by atoms with Gasteiger partial charge in [0.15, 0.2) is 0 Å². The molecule has 0 saturated carbocycles. The third-order valence-corrected chi connectivity index (χ3v) is 3.37. The van der Waals surface area contributed by atoms with Crippen LogP contribution in [0.15, 0.2) is 12.1 Å². The van der Waals surface area contributed by atoms with Crippen LogP contribution < -0.4 is 5.32 Å². The fraction of sp³-hybridized carbons (Fsp3) is 0.462. The van der Waals surface area contributed by atoms with Crippen LogP contribution in [0.25, 0.3) is 0 Å². The van der Waals surface area contributed by atoms with Crippen LogP contribution in [0.1, 0.15) is 23.2 Å². The van der Waals surface area contributed by atoms with Gasteiger partial charge in [0.25, 0.3) is 5.91 Å². The molecule has 1 saturated heterocycles. The van der Waals surface area contributed by atoms with E-state index in [4.69, 9.17) is 4.74 Å². The van der Waals surface area contributed by atoms with Gasteiger partial charge in [0.05, 0.1) is 16.6 Å². The van der Waals surface area contributed by atoms with Gasteiger partial charge in [-0.25, -0.2) is 4.39 Å². The van der Waals surface area contributed by atoms with E-state index in [1.54, 1.807) is 0 Å². The average Bonchev–Trinajstić information content (AvgIpc) is 2.47. The van der Waals surface area contributed by atoms with Crippen molar-refractivity contribution in [3.63, 3.8) is 0 Å². The second kappa shape index (κ2) is 6.57. The predicted octanol–water partition coefficient (Wildman–Crippen LogP) is 2.03. The van der Waals surface area contributed by atoms with Gasteiger partial charge in [-0.2, -0.15) is 4.39 Å². The quantitative estimate of drug-likeness (QED) is 0.681. The highest BCUT2D eigenvalue weighted by molar-refractivity contribution is 5.94. The molecule has 0 atom stereocenters. The van der Waals surface area contributed by atoms with Gasteiger partial charge < -0.3 is 10.1 Å². The number of carbonyl (C=O) groups is 1. The summed E-state index contributed by atoms with van der Waals surface area (Å²) in [6.45, 7) is 1.56. The molecule has 0 unspecified atom stereocenters. The Bertz CT molecular complexity index is 559. The number of nitro benzene ring substituents is 1. The number of hydrogen-bond acceptors (Lipinski definition) is 4. The minimum absolute atomic E-state index is 0.230. The fourth-order valence-electron chi connectivity index (χ4n) is 2.13. The van der Waals surface area contributed by atoms with Crippen molar-refractivity contribution in [2.75, 3.05) is 19.8 Å². The third-order valence-electron chi connectivity index (χ3n) is 3.37. The molecule has 8 heteroatoms. The van der Waals surface area contributed by atoms with Crippen molar-refractivity contribution in [2.24, 2.45) is 5.92 Å². The molecule has 0 aliphatic carbocycles. The van der Waals surface area contributed by atoms with Gasteiger partial charge in [-0.3, -0.25) is 14.9 Å². The molecule has 1 aromatic carbocycles. The zero-order chi connectivity index (χ0) is 15.4. The lowest BCUT2D eigenvalue weighted by Gasteiger charge is -2.22. The van der Waals surface area contributed by atoms with Crippen molar-refractivity contribution in [1.29, 1.82) is 0 Å². The van der Waals surface area contributed by atoms with Crippen LogP contribution in [0.4, 0.5) is 14.5 Å². The Kier molecular flexibility index (Phi) is 4.79. The van der Waals surface area contributed by atoms with Gasteiger partial charge >= 0.3 is 5.69 Å². The molecule has 0 spiro atoms. The van der Waals surface area contributed by atoms with E-state index < -0.39 is 33.7 Å². The number of nitro groups is 1. The fourth-order valence-corrected chi connectivity index (χ4v) is 2.13. The van der Waals surface area contributed by atoms with E-state index in [0.29, 0.717) is 31.9 Å². The summed E-state index contributed by atoms with van der Waals surface area (Å²) in [6, 6.07) is 0.964. The van der Waals surface area contributed by atoms with E-state index in [0.717, 1.165) is 12.8 Å². The molecule has 0 radical (unpaired) electrons. The summed E-state index contributed by atoms with van der Waals surface area (Å²) in [5, 5.41) is 13.0. The average molecular weight is 300 g/mol. The second-order valence-electron chi connectivity index (χ2n) is 4.81. The molecule has 114 valence electrons. The Morgan fingerprint density at radius 3 is 2.62 bits per heavy atom. The summed E-state index contributed by atoms with van der Waals surface area (Å²) in [5.41, 5.74) is -1.53. The Hall–Kier alpha value is -2.09. The first-order valence-corrected chi connectivity index (χ1v) is 6.48. The molecule has 21 heavy (non-hydrogen) atoms. The van der Waals surface area contributed by atoms with E-state index in [9.17, 15) is 23.7 Å². The lowest BCUT2D eigenvalue weighted by molar-refractivity contribution is -0.387. The molecular weight excluding hydrogens is 286 g/mol. The van der Waals surface area contributed by atoms with Crippen LogP contribution in [0.5, 0.6) is 0 Å². The van der Waals surface area contributed by atoms with Gasteiger partial charge in [0.1, 0.15) is 5.82 Å². The number of rotatable bonds is 4. The summed E-state index contributed by atoms with van der Waals surface area (Å²) in [5.74, 6) is -2.91. The minimum atomic E-state index is -1.24. The number of benzene rings is 1. The maximum absolute atomic E-state index is 13.7. The summed E-state index contributed by atoms with van der Waals surface area (Å²) < 4.78 is 32.3. The van der Waals surface area contributed by atoms with E-state index in [-0.39, 0.29) is 5.92 Å². The van der Waals surface area contributed by atoms with Crippen molar-refractivity contribution >= 4 is 11.6 Å². The number of nitrogens with zero attached hydrogens (tertiary/aromatic N) is 1. The van der Waals surface area contributed by atoms with Crippen molar-refractivity contribution in [2.45, 2.75) is 12.8 Å². The van der Waals surface area contributed by atoms with E-state index in [1.807, 2.05) is 0 Å². The van der Waals surface area contributed by atoms with E-state index >= 15 is 0 Å². The highest BCUT2D eigenvalue weighted by Gasteiger charge is 2.22. The van der Waals surface area contributed by atoms with Crippen molar-refractivity contribution in [3.05, 3.63) is 39.4 Å². The van der Waals surface area contributed by atoms with Gasteiger partial charge in [-0.1, -0.05) is 0 Å². The number of amides is 1. The normalized spacial score (nSPS) is 15.7. The van der Waals surface area contributed by atoms with Gasteiger partial charge in [0, 0.05) is 19.8 Å². The number of carbonyl (C=O) groups excluding carboxylic acids is 1. The monoisotopic (exact) mass is 300 g/mol. The number of ether oxygens (including phenoxy) is 1. The molecule has 0 aromatic heterocycles. The summed E-state index contributed by atoms with van der Waals surface area (Å²) in [6.07, 6.45) is 1.58. The molecule has 6 nitrogen and oxygen atoms in total. The lowest BCUT2D eigenvalue weighted by atomic mass is 10.0. The third kappa shape index (κ3) is 3.72. The first-order chi connectivity index (χ1) is 9.99. The number of halogens is 2. The SMILES string of the molecule is O=C(NCC1CCOCC1)c1cc(F)c([N+](=O)[O-])cc1F. The molecule has 1 fully saturated rings. The first-order valence-electron chi connectivity index (χ1n) is 6.48. The molecule has 2 rings (SSSR count). The highest BCUT2D eigenvalue weighted by atomic mass is 19.1. The molecule has 1 aliphatic rings. The van der Waals surface area contributed by atoms with E-state index in [1.165, 1.54) is 0 Å². The zero-order valence-corrected chi connectivity index (χ0v) is 11.1. The molecule has 1 aliphatic heterocycles. The zero-order valence-electron chi connectivity index (χ0n) is 11.1. The van der Waals surface area contributed by atoms with Crippen LogP contribution in [0, 0.1) is 27.7 Å². The van der Waals surface area contributed by atoms with Crippen LogP contribution in [-0.4, -0.2) is 30.6 Å². The van der Waals surface area contributed by atoms with Crippen LogP contribution >= 0.6 is 0 Å². The largest absolute Gasteiger partial charge is 0.381 e. The van der Waals surface area contributed by atoms with Crippen molar-refractivity contribution in [1.82, 2.24) is 5.32 Å². The Morgan fingerprint density at radius 1 is 1.33 bits per heavy atom. The first kappa shape index (κ1) is 15.3. The van der Waals surface area contributed by atoms with Gasteiger partial charge in [-0.15, -0.1) is 0 Å². The summed E-state index contributed by atoms with van der Waals surface area (Å²) in [4.78, 5) is 21.3. The van der Waals surface area contributed by atoms with Crippen molar-refractivity contribution < 1.29 is 23.2 Å². The lowest BCUT2D eigenvalue weighted by Crippen LogP contribution is -2.32. The summed E-state index contributed by atoms with van der Waals surface area (Å²) >= 11 is 0. The van der Waals surface area contributed by atoms with Crippen LogP contribution in [-0.2, 0) is 4.74 Å². The second-order valence-corrected chi connectivity index (χ2v) is 4.81.